The van der Waals surface area contributed by atoms with Gasteiger partial charge >= 0.3 is 5.97 Å². The molecule has 0 bridgehead atoms. The van der Waals surface area contributed by atoms with Crippen LogP contribution in [0.15, 0.2) is 18.2 Å². The number of ketones is 1. The summed E-state index contributed by atoms with van der Waals surface area (Å²) in [4.78, 5) is 22.4. The lowest BCUT2D eigenvalue weighted by Crippen LogP contribution is -2.29. The number of methoxy groups -OCH3 is 1. The molecule has 18 heavy (non-hydrogen) atoms. The number of carbonyl (C=O) groups is 2. The van der Waals surface area contributed by atoms with Crippen LogP contribution < -0.4 is 0 Å². The third kappa shape index (κ3) is 2.94. The number of benzene rings is 1. The smallest absolute Gasteiger partial charge is 0.337 e. The fraction of sp³-hybridized carbons (Fsp3) is 0.385. The SMILES string of the molecule is COC(=O)C(O)C(O)c1cc(C(C)=O)ccc1C. The van der Waals surface area contributed by atoms with Crippen LogP contribution in [0.4, 0.5) is 0 Å². The van der Waals surface area contributed by atoms with Gasteiger partial charge in [0.1, 0.15) is 6.10 Å². The minimum Gasteiger partial charge on any atom is -0.467 e. The van der Waals surface area contributed by atoms with Crippen LogP contribution in [-0.4, -0.2) is 35.2 Å². The average molecular weight is 252 g/mol. The molecular formula is C13H16O5. The van der Waals surface area contributed by atoms with Crippen LogP contribution >= 0.6 is 0 Å². The largest absolute Gasteiger partial charge is 0.467 e. The number of aliphatic hydroxyl groups is 2. The van der Waals surface area contributed by atoms with E-state index in [1.807, 2.05) is 0 Å². The highest BCUT2D eigenvalue weighted by Gasteiger charge is 2.27. The van der Waals surface area contributed by atoms with E-state index in [2.05, 4.69) is 4.74 Å². The second kappa shape index (κ2) is 5.75. The van der Waals surface area contributed by atoms with Crippen molar-refractivity contribution < 1.29 is 24.5 Å². The van der Waals surface area contributed by atoms with Gasteiger partial charge in [-0.25, -0.2) is 4.79 Å². The number of aliphatic hydroxyl groups excluding tert-OH is 2. The van der Waals surface area contributed by atoms with Crippen LogP contribution in [0.1, 0.15) is 34.5 Å². The van der Waals surface area contributed by atoms with Crippen LogP contribution in [0.25, 0.3) is 0 Å². The third-order valence-corrected chi connectivity index (χ3v) is 2.75. The van der Waals surface area contributed by atoms with Gasteiger partial charge in [0.2, 0.25) is 0 Å². The molecule has 1 aromatic carbocycles. The van der Waals surface area contributed by atoms with E-state index in [1.165, 1.54) is 13.0 Å². The van der Waals surface area contributed by atoms with Crippen molar-refractivity contribution in [1.29, 1.82) is 0 Å². The lowest BCUT2D eigenvalue weighted by atomic mass is 9.96. The predicted octanol–water partition coefficient (Wildman–Crippen LogP) is 0.765. The summed E-state index contributed by atoms with van der Waals surface area (Å²) in [7, 11) is 1.12. The molecule has 2 atom stereocenters. The van der Waals surface area contributed by atoms with E-state index in [0.29, 0.717) is 16.7 Å². The third-order valence-electron chi connectivity index (χ3n) is 2.75. The van der Waals surface area contributed by atoms with Crippen LogP contribution in [0.2, 0.25) is 0 Å². The standard InChI is InChI=1S/C13H16O5/c1-7-4-5-9(8(2)14)6-10(7)11(15)12(16)13(17)18-3/h4-6,11-12,15-16H,1-3H3. The summed E-state index contributed by atoms with van der Waals surface area (Å²) in [6, 6.07) is 4.74. The fourth-order valence-electron chi connectivity index (χ4n) is 1.60. The van der Waals surface area contributed by atoms with Crippen LogP contribution in [-0.2, 0) is 9.53 Å². The van der Waals surface area contributed by atoms with Crippen molar-refractivity contribution in [3.63, 3.8) is 0 Å². The van der Waals surface area contributed by atoms with Crippen LogP contribution in [0.5, 0.6) is 0 Å². The number of rotatable bonds is 4. The molecule has 0 aromatic heterocycles. The van der Waals surface area contributed by atoms with E-state index in [4.69, 9.17) is 0 Å². The quantitative estimate of drug-likeness (QED) is 0.610. The molecule has 0 heterocycles. The minimum atomic E-state index is -1.67. The second-order valence-corrected chi connectivity index (χ2v) is 4.04. The minimum absolute atomic E-state index is 0.156. The van der Waals surface area contributed by atoms with Gasteiger partial charge in [-0.05, 0) is 31.0 Å². The fourth-order valence-corrected chi connectivity index (χ4v) is 1.60. The van der Waals surface area contributed by atoms with E-state index in [0.717, 1.165) is 7.11 Å². The summed E-state index contributed by atoms with van der Waals surface area (Å²) in [6.07, 6.45) is -3.09. The number of carbonyl (C=O) groups excluding carboxylic acids is 2. The number of hydrogen-bond donors (Lipinski definition) is 2. The Kier molecular flexibility index (Phi) is 4.58. The zero-order valence-electron chi connectivity index (χ0n) is 10.5. The van der Waals surface area contributed by atoms with Gasteiger partial charge in [-0.1, -0.05) is 12.1 Å². The lowest BCUT2D eigenvalue weighted by molar-refractivity contribution is -0.156. The Hall–Kier alpha value is -1.72. The Bertz CT molecular complexity index is 466. The maximum absolute atomic E-state index is 11.3. The number of ether oxygens (including phenoxy) is 1. The molecular weight excluding hydrogens is 236 g/mol. The Labute approximate surface area is 105 Å². The van der Waals surface area contributed by atoms with E-state index >= 15 is 0 Å². The maximum Gasteiger partial charge on any atom is 0.337 e. The monoisotopic (exact) mass is 252 g/mol. The molecule has 0 saturated carbocycles. The van der Waals surface area contributed by atoms with Crippen LogP contribution in [0, 0.1) is 6.92 Å². The van der Waals surface area contributed by atoms with Gasteiger partial charge in [-0.2, -0.15) is 0 Å². The number of Topliss-reactive ketones (excluding diaryl/α,β-unsaturated/α-hetero) is 1. The van der Waals surface area contributed by atoms with Crippen molar-refractivity contribution in [2.24, 2.45) is 0 Å². The molecule has 5 nitrogen and oxygen atoms in total. The molecule has 0 aliphatic heterocycles. The summed E-state index contributed by atoms with van der Waals surface area (Å²) in [5.41, 5.74) is 1.42. The van der Waals surface area contributed by atoms with Crippen LogP contribution in [0.3, 0.4) is 0 Å². The Morgan fingerprint density at radius 3 is 2.39 bits per heavy atom. The molecule has 5 heteroatoms. The van der Waals surface area contributed by atoms with Gasteiger partial charge in [0.05, 0.1) is 7.11 Å². The van der Waals surface area contributed by atoms with Gasteiger partial charge in [0.15, 0.2) is 11.9 Å². The normalized spacial score (nSPS) is 13.8. The first-order chi connectivity index (χ1) is 8.38. The first kappa shape index (κ1) is 14.3. The summed E-state index contributed by atoms with van der Waals surface area (Å²) < 4.78 is 4.36. The summed E-state index contributed by atoms with van der Waals surface area (Å²) in [5, 5.41) is 19.5. The first-order valence-electron chi connectivity index (χ1n) is 5.44. The van der Waals surface area contributed by atoms with E-state index < -0.39 is 18.2 Å². The summed E-state index contributed by atoms with van der Waals surface area (Å²) in [6.45, 7) is 3.12. The molecule has 0 saturated heterocycles. The van der Waals surface area contributed by atoms with Gasteiger partial charge < -0.3 is 14.9 Å². The van der Waals surface area contributed by atoms with Gasteiger partial charge in [0.25, 0.3) is 0 Å². The highest BCUT2D eigenvalue weighted by Crippen LogP contribution is 2.23. The molecule has 0 aliphatic carbocycles. The molecule has 0 spiro atoms. The Morgan fingerprint density at radius 1 is 1.28 bits per heavy atom. The first-order valence-corrected chi connectivity index (χ1v) is 5.44. The van der Waals surface area contributed by atoms with Crippen molar-refractivity contribution in [2.75, 3.05) is 7.11 Å². The number of aryl methyl sites for hydroxylation is 1. The zero-order chi connectivity index (χ0) is 13.9. The topological polar surface area (TPSA) is 83.8 Å². The summed E-state index contributed by atoms with van der Waals surface area (Å²) in [5.74, 6) is -1.08. The molecule has 1 rings (SSSR count). The van der Waals surface area contributed by atoms with Gasteiger partial charge in [-0.3, -0.25) is 4.79 Å². The molecule has 2 unspecified atom stereocenters. The van der Waals surface area contributed by atoms with Crippen molar-refractivity contribution in [2.45, 2.75) is 26.1 Å². The molecule has 1 aromatic rings. The molecule has 0 aliphatic rings. The van der Waals surface area contributed by atoms with Crippen molar-refractivity contribution >= 4 is 11.8 Å². The van der Waals surface area contributed by atoms with Crippen molar-refractivity contribution in [3.8, 4) is 0 Å². The lowest BCUT2D eigenvalue weighted by Gasteiger charge is -2.18. The average Bonchev–Trinajstić information content (AvgIpc) is 2.36. The molecule has 0 fully saturated rings. The van der Waals surface area contributed by atoms with E-state index in [1.54, 1.807) is 19.1 Å². The highest BCUT2D eigenvalue weighted by molar-refractivity contribution is 5.94. The van der Waals surface area contributed by atoms with Crippen molar-refractivity contribution in [3.05, 3.63) is 34.9 Å². The van der Waals surface area contributed by atoms with Gasteiger partial charge in [0, 0.05) is 5.56 Å². The second-order valence-electron chi connectivity index (χ2n) is 4.04. The Balaban J connectivity index is 3.11. The molecule has 98 valence electrons. The number of hydrogen-bond acceptors (Lipinski definition) is 5. The predicted molar refractivity (Wildman–Crippen MR) is 64.2 cm³/mol. The molecule has 2 N–H and O–H groups in total. The van der Waals surface area contributed by atoms with E-state index in [-0.39, 0.29) is 5.78 Å². The maximum atomic E-state index is 11.3. The molecule has 0 radical (unpaired) electrons. The highest BCUT2D eigenvalue weighted by atomic mass is 16.5. The zero-order valence-corrected chi connectivity index (χ0v) is 10.5. The summed E-state index contributed by atoms with van der Waals surface area (Å²) >= 11 is 0. The van der Waals surface area contributed by atoms with Gasteiger partial charge in [-0.15, -0.1) is 0 Å². The van der Waals surface area contributed by atoms with E-state index in [9.17, 15) is 19.8 Å². The molecule has 0 amide bonds. The Morgan fingerprint density at radius 2 is 1.89 bits per heavy atom. The number of esters is 1. The van der Waals surface area contributed by atoms with Crippen molar-refractivity contribution in [1.82, 2.24) is 0 Å².